The van der Waals surface area contributed by atoms with Gasteiger partial charge in [-0.15, -0.1) is 0 Å². The van der Waals surface area contributed by atoms with Gasteiger partial charge in [0.25, 0.3) is 0 Å². The number of benzene rings is 2. The van der Waals surface area contributed by atoms with Gasteiger partial charge in [-0.1, -0.05) is 88.4 Å². The molecule has 0 heterocycles. The monoisotopic (exact) mass is 783 g/mol. The molecule has 0 fully saturated rings. The third-order valence-corrected chi connectivity index (χ3v) is 15.9. The van der Waals surface area contributed by atoms with Crippen LogP contribution in [0.2, 0.25) is 22.2 Å². The molecule has 8 nitrogen and oxygen atoms in total. The summed E-state index contributed by atoms with van der Waals surface area (Å²) in [6.07, 6.45) is 0. The molecule has 0 saturated heterocycles. The second-order valence-corrected chi connectivity index (χ2v) is 18.1. The SMILES string of the molecule is CO[Si](OC)(C(C)C)C(C(C)=O)C(=O)c1ccccc1.CO[Si](OC)(C(C)C)C(C(C)=O)C(=O)c1ccccc1.[Pt+2]. The van der Waals surface area contributed by atoms with E-state index >= 15 is 0 Å². The third-order valence-electron chi connectivity index (χ3n) is 7.14. The van der Waals surface area contributed by atoms with Gasteiger partial charge in [0.2, 0.25) is 0 Å². The van der Waals surface area contributed by atoms with Gasteiger partial charge in [0.1, 0.15) is 22.6 Å². The van der Waals surface area contributed by atoms with Crippen LogP contribution >= 0.6 is 0 Å². The number of hydrogen-bond donors (Lipinski definition) is 0. The molecule has 0 bridgehead atoms. The summed E-state index contributed by atoms with van der Waals surface area (Å²) in [5.41, 5.74) is -0.698. The maximum atomic E-state index is 12.7. The zero-order chi connectivity index (χ0) is 30.7. The fraction of sp³-hybridized carbons (Fsp3) is 0.467. The zero-order valence-electron chi connectivity index (χ0n) is 25.7. The first-order valence-corrected chi connectivity index (χ1v) is 17.1. The summed E-state index contributed by atoms with van der Waals surface area (Å²) in [4.78, 5) is 49.6. The van der Waals surface area contributed by atoms with Crippen LogP contribution in [0, 0.1) is 0 Å². The Labute approximate surface area is 261 Å². The Morgan fingerprint density at radius 1 is 0.537 bits per heavy atom. The average molecular weight is 784 g/mol. The van der Waals surface area contributed by atoms with Gasteiger partial charge in [-0.2, -0.15) is 0 Å². The van der Waals surface area contributed by atoms with Crippen molar-refractivity contribution >= 4 is 40.3 Å². The Bertz CT molecular complexity index is 1030. The standard InChI is InChI=1S/2C15H22O4Si.Pt/c2*1-11(2)20(18-4,19-5)15(12(3)16)14(17)13-9-7-6-8-10-13;/h2*6-11,15H,1-5H3;/q;;+2. The van der Waals surface area contributed by atoms with E-state index in [0.717, 1.165) is 0 Å². The molecule has 2 atom stereocenters. The molecular formula is C30H44O8PtSi2+2. The molecule has 0 aromatic heterocycles. The maximum absolute atomic E-state index is 12.7. The molecule has 0 aliphatic rings. The number of Topliss-reactive ketones (excluding diaryl/α,β-unsaturated/α-hetero) is 4. The second-order valence-electron chi connectivity index (χ2n) is 10.1. The van der Waals surface area contributed by atoms with E-state index in [-0.39, 0.29) is 55.3 Å². The van der Waals surface area contributed by atoms with Crippen LogP contribution < -0.4 is 0 Å². The Balaban J connectivity index is 0.000000762. The minimum absolute atomic E-state index is 0. The first kappa shape index (κ1) is 39.1. The Morgan fingerprint density at radius 3 is 0.951 bits per heavy atom. The summed E-state index contributed by atoms with van der Waals surface area (Å²) in [6.45, 7) is 10.5. The smallest absolute Gasteiger partial charge is 0.397 e. The minimum Gasteiger partial charge on any atom is -0.397 e. The Morgan fingerprint density at radius 2 is 0.780 bits per heavy atom. The molecule has 11 heteroatoms. The predicted octanol–water partition coefficient (Wildman–Crippen LogP) is 5.94. The van der Waals surface area contributed by atoms with Gasteiger partial charge < -0.3 is 17.7 Å². The molecule has 0 saturated carbocycles. The Hall–Kier alpha value is -1.92. The topological polar surface area (TPSA) is 105 Å². The van der Waals surface area contributed by atoms with Gasteiger partial charge in [-0.05, 0) is 24.9 Å². The van der Waals surface area contributed by atoms with Gasteiger partial charge in [0, 0.05) is 39.6 Å². The molecule has 41 heavy (non-hydrogen) atoms. The summed E-state index contributed by atoms with van der Waals surface area (Å²) in [5.74, 6) is -0.852. The second kappa shape index (κ2) is 17.9. The molecule has 2 aromatic rings. The number of hydrogen-bond acceptors (Lipinski definition) is 8. The van der Waals surface area contributed by atoms with E-state index in [1.807, 2.05) is 39.8 Å². The van der Waals surface area contributed by atoms with Crippen LogP contribution in [0.15, 0.2) is 60.7 Å². The van der Waals surface area contributed by atoms with Crippen LogP contribution in [-0.4, -0.2) is 68.7 Å². The van der Waals surface area contributed by atoms with E-state index in [2.05, 4.69) is 0 Å². The molecule has 0 spiro atoms. The Kier molecular flexibility index (Phi) is 17.1. The van der Waals surface area contributed by atoms with Crippen LogP contribution in [0.1, 0.15) is 62.3 Å². The third kappa shape index (κ3) is 9.03. The number of carbonyl (C=O) groups excluding carboxylic acids is 4. The zero-order valence-corrected chi connectivity index (χ0v) is 29.9. The molecule has 0 aliphatic carbocycles. The normalized spacial score (nSPS) is 13.0. The van der Waals surface area contributed by atoms with Gasteiger partial charge >= 0.3 is 38.2 Å². The number of ketones is 4. The van der Waals surface area contributed by atoms with Crippen molar-refractivity contribution in [3.05, 3.63) is 71.8 Å². The van der Waals surface area contributed by atoms with Crippen molar-refractivity contribution in [2.75, 3.05) is 28.4 Å². The van der Waals surface area contributed by atoms with E-state index in [1.54, 1.807) is 48.5 Å². The summed E-state index contributed by atoms with van der Waals surface area (Å²) in [6, 6.07) is 17.6. The van der Waals surface area contributed by atoms with E-state index in [9.17, 15) is 19.2 Å². The first-order valence-electron chi connectivity index (χ1n) is 13.2. The molecule has 2 unspecified atom stereocenters. The van der Waals surface area contributed by atoms with Crippen molar-refractivity contribution in [2.45, 2.75) is 63.7 Å². The van der Waals surface area contributed by atoms with Crippen molar-refractivity contribution in [3.63, 3.8) is 0 Å². The van der Waals surface area contributed by atoms with Crippen LogP contribution in [0.3, 0.4) is 0 Å². The molecule has 0 amide bonds. The van der Waals surface area contributed by atoms with Crippen molar-refractivity contribution in [1.29, 1.82) is 0 Å². The molecule has 2 rings (SSSR count). The number of carbonyl (C=O) groups is 4. The van der Waals surface area contributed by atoms with Crippen molar-refractivity contribution in [1.82, 2.24) is 0 Å². The summed E-state index contributed by atoms with van der Waals surface area (Å²) in [5, 5.41) is 0. The molecule has 2 aromatic carbocycles. The quantitative estimate of drug-likeness (QED) is 0.132. The van der Waals surface area contributed by atoms with E-state index < -0.39 is 28.2 Å². The predicted molar refractivity (Wildman–Crippen MR) is 160 cm³/mol. The summed E-state index contributed by atoms with van der Waals surface area (Å²) >= 11 is 0. The summed E-state index contributed by atoms with van der Waals surface area (Å²) in [7, 11) is 0.155. The van der Waals surface area contributed by atoms with Crippen LogP contribution in [0.4, 0.5) is 0 Å². The molecular weight excluding hydrogens is 740 g/mol. The van der Waals surface area contributed by atoms with Gasteiger partial charge in [-0.25, -0.2) is 0 Å². The maximum Gasteiger partial charge on any atom is 2.00 e. The van der Waals surface area contributed by atoms with E-state index in [1.165, 1.54) is 42.3 Å². The molecule has 0 aliphatic heterocycles. The molecule has 0 radical (unpaired) electrons. The molecule has 0 N–H and O–H groups in total. The van der Waals surface area contributed by atoms with Gasteiger partial charge in [-0.3, -0.25) is 19.2 Å². The fourth-order valence-electron chi connectivity index (χ4n) is 5.09. The largest absolute Gasteiger partial charge is 2.00 e. The minimum atomic E-state index is -2.96. The van der Waals surface area contributed by atoms with Gasteiger partial charge in [0.05, 0.1) is 0 Å². The van der Waals surface area contributed by atoms with Crippen LogP contribution in [0.5, 0.6) is 0 Å². The average Bonchev–Trinajstić information content (AvgIpc) is 2.94. The van der Waals surface area contributed by atoms with Crippen molar-refractivity contribution < 1.29 is 57.9 Å². The van der Waals surface area contributed by atoms with Crippen molar-refractivity contribution in [2.24, 2.45) is 0 Å². The van der Waals surface area contributed by atoms with E-state index in [4.69, 9.17) is 17.7 Å². The first-order chi connectivity index (χ1) is 18.8. The van der Waals surface area contributed by atoms with E-state index in [0.29, 0.717) is 11.1 Å². The van der Waals surface area contributed by atoms with Crippen molar-refractivity contribution in [3.8, 4) is 0 Å². The van der Waals surface area contributed by atoms with Crippen LogP contribution in [-0.2, 0) is 48.4 Å². The molecule has 228 valence electrons. The number of rotatable bonds is 14. The fourth-order valence-corrected chi connectivity index (χ4v) is 11.8. The van der Waals surface area contributed by atoms with Gasteiger partial charge in [0.15, 0.2) is 11.6 Å². The summed E-state index contributed by atoms with van der Waals surface area (Å²) < 4.78 is 22.4. The van der Waals surface area contributed by atoms with Crippen LogP contribution in [0.25, 0.3) is 0 Å².